The van der Waals surface area contributed by atoms with Crippen molar-refractivity contribution < 1.29 is 0 Å². The predicted octanol–water partition coefficient (Wildman–Crippen LogP) is 1.02. The average Bonchev–Trinajstić information content (AvgIpc) is 2.55. The van der Waals surface area contributed by atoms with E-state index >= 15 is 0 Å². The molecule has 3 rings (SSSR count). The van der Waals surface area contributed by atoms with Gasteiger partial charge >= 0.3 is 0 Å². The Kier molecular flexibility index (Phi) is 5.12. The smallest absolute Gasteiger partial charge is 0.0367 e. The van der Waals surface area contributed by atoms with Crippen LogP contribution in [-0.4, -0.2) is 75.2 Å². The third-order valence-electron chi connectivity index (χ3n) is 4.71. The summed E-state index contributed by atoms with van der Waals surface area (Å²) in [4.78, 5) is 7.72. The van der Waals surface area contributed by atoms with E-state index in [1.165, 1.54) is 50.5 Å². The van der Waals surface area contributed by atoms with Crippen LogP contribution in [0.5, 0.6) is 0 Å². The molecule has 0 radical (unpaired) electrons. The van der Waals surface area contributed by atoms with Crippen LogP contribution in [-0.2, 0) is 0 Å². The SMILES string of the molecule is Cc1ccc(N2CCN(CCN3CCNCC3)CC2)cc1. The van der Waals surface area contributed by atoms with Gasteiger partial charge in [0.2, 0.25) is 0 Å². The number of aryl methyl sites for hydroxylation is 1. The summed E-state index contributed by atoms with van der Waals surface area (Å²) in [6.45, 7) is 14.0. The molecule has 0 bridgehead atoms. The van der Waals surface area contributed by atoms with E-state index < -0.39 is 0 Å². The lowest BCUT2D eigenvalue weighted by molar-refractivity contribution is 0.183. The summed E-state index contributed by atoms with van der Waals surface area (Å²) < 4.78 is 0. The summed E-state index contributed by atoms with van der Waals surface area (Å²) in [6.07, 6.45) is 0. The van der Waals surface area contributed by atoms with Gasteiger partial charge in [-0.3, -0.25) is 9.80 Å². The minimum Gasteiger partial charge on any atom is -0.369 e. The zero-order chi connectivity index (χ0) is 14.5. The molecule has 116 valence electrons. The van der Waals surface area contributed by atoms with Gasteiger partial charge in [-0.05, 0) is 19.1 Å². The number of piperazine rings is 2. The molecule has 0 amide bonds. The number of nitrogens with zero attached hydrogens (tertiary/aromatic N) is 3. The zero-order valence-electron chi connectivity index (χ0n) is 13.2. The van der Waals surface area contributed by atoms with Crippen LogP contribution in [0.4, 0.5) is 5.69 Å². The molecule has 2 aliphatic rings. The van der Waals surface area contributed by atoms with Crippen molar-refractivity contribution in [2.45, 2.75) is 6.92 Å². The molecule has 1 aromatic rings. The van der Waals surface area contributed by atoms with Gasteiger partial charge in [-0.2, -0.15) is 0 Å². The molecule has 2 fully saturated rings. The van der Waals surface area contributed by atoms with E-state index in [1.54, 1.807) is 0 Å². The van der Waals surface area contributed by atoms with Crippen LogP contribution >= 0.6 is 0 Å². The quantitative estimate of drug-likeness (QED) is 0.893. The molecular weight excluding hydrogens is 260 g/mol. The minimum atomic E-state index is 1.15. The van der Waals surface area contributed by atoms with Crippen molar-refractivity contribution in [1.29, 1.82) is 0 Å². The second-order valence-corrected chi connectivity index (χ2v) is 6.26. The van der Waals surface area contributed by atoms with Gasteiger partial charge in [0.15, 0.2) is 0 Å². The van der Waals surface area contributed by atoms with Gasteiger partial charge in [-0.15, -0.1) is 0 Å². The second kappa shape index (κ2) is 7.25. The lowest BCUT2D eigenvalue weighted by Crippen LogP contribution is -2.50. The molecule has 0 saturated carbocycles. The van der Waals surface area contributed by atoms with E-state index in [-0.39, 0.29) is 0 Å². The maximum Gasteiger partial charge on any atom is 0.0367 e. The van der Waals surface area contributed by atoms with E-state index in [4.69, 9.17) is 0 Å². The molecular formula is C17H28N4. The minimum absolute atomic E-state index is 1.15. The Morgan fingerprint density at radius 3 is 2.00 bits per heavy atom. The van der Waals surface area contributed by atoms with Crippen LogP contribution < -0.4 is 10.2 Å². The molecule has 2 aliphatic heterocycles. The Hall–Kier alpha value is -1.10. The highest BCUT2D eigenvalue weighted by Gasteiger charge is 2.18. The fourth-order valence-corrected chi connectivity index (χ4v) is 3.20. The standard InChI is InChI=1S/C17H28N4/c1-16-2-4-17(5-3-16)21-14-12-20(13-15-21)11-10-19-8-6-18-7-9-19/h2-5,18H,6-15H2,1H3. The first kappa shape index (κ1) is 14.8. The van der Waals surface area contributed by atoms with Crippen molar-refractivity contribution in [1.82, 2.24) is 15.1 Å². The lowest BCUT2D eigenvalue weighted by Gasteiger charge is -2.37. The summed E-state index contributed by atoms with van der Waals surface area (Å²) in [5.74, 6) is 0. The van der Waals surface area contributed by atoms with Crippen LogP contribution in [0.15, 0.2) is 24.3 Å². The van der Waals surface area contributed by atoms with E-state index in [0.717, 1.165) is 26.2 Å². The van der Waals surface area contributed by atoms with Crippen molar-refractivity contribution in [3.05, 3.63) is 29.8 Å². The first-order chi connectivity index (χ1) is 10.3. The van der Waals surface area contributed by atoms with Gasteiger partial charge in [0.05, 0.1) is 0 Å². The van der Waals surface area contributed by atoms with E-state index in [0.29, 0.717) is 0 Å². The van der Waals surface area contributed by atoms with Crippen molar-refractivity contribution in [3.8, 4) is 0 Å². The summed E-state index contributed by atoms with van der Waals surface area (Å²) in [5.41, 5.74) is 2.72. The van der Waals surface area contributed by atoms with Gasteiger partial charge in [0.25, 0.3) is 0 Å². The highest BCUT2D eigenvalue weighted by Crippen LogP contribution is 2.17. The topological polar surface area (TPSA) is 21.8 Å². The lowest BCUT2D eigenvalue weighted by atomic mass is 10.2. The first-order valence-electron chi connectivity index (χ1n) is 8.28. The summed E-state index contributed by atoms with van der Waals surface area (Å²) in [6, 6.07) is 8.94. The van der Waals surface area contributed by atoms with Gasteiger partial charge < -0.3 is 10.2 Å². The molecule has 0 unspecified atom stereocenters. The number of hydrogen-bond acceptors (Lipinski definition) is 4. The molecule has 2 saturated heterocycles. The van der Waals surface area contributed by atoms with Crippen LogP contribution in [0.3, 0.4) is 0 Å². The highest BCUT2D eigenvalue weighted by molar-refractivity contribution is 5.47. The van der Waals surface area contributed by atoms with Gasteiger partial charge in [-0.25, -0.2) is 0 Å². The van der Waals surface area contributed by atoms with Crippen molar-refractivity contribution in [2.24, 2.45) is 0 Å². The van der Waals surface area contributed by atoms with Crippen LogP contribution in [0.25, 0.3) is 0 Å². The summed E-state index contributed by atoms with van der Waals surface area (Å²) >= 11 is 0. The Morgan fingerprint density at radius 2 is 1.38 bits per heavy atom. The fraction of sp³-hybridized carbons (Fsp3) is 0.647. The van der Waals surface area contributed by atoms with Gasteiger partial charge in [0, 0.05) is 71.1 Å². The maximum atomic E-state index is 3.42. The van der Waals surface area contributed by atoms with Gasteiger partial charge in [0.1, 0.15) is 0 Å². The predicted molar refractivity (Wildman–Crippen MR) is 89.1 cm³/mol. The second-order valence-electron chi connectivity index (χ2n) is 6.26. The Morgan fingerprint density at radius 1 is 0.810 bits per heavy atom. The third kappa shape index (κ3) is 4.19. The molecule has 0 aliphatic carbocycles. The largest absolute Gasteiger partial charge is 0.369 e. The summed E-state index contributed by atoms with van der Waals surface area (Å²) in [7, 11) is 0. The zero-order valence-corrected chi connectivity index (χ0v) is 13.2. The molecule has 2 heterocycles. The maximum absolute atomic E-state index is 3.42. The molecule has 21 heavy (non-hydrogen) atoms. The summed E-state index contributed by atoms with van der Waals surface area (Å²) in [5, 5.41) is 3.42. The normalized spacial score (nSPS) is 21.7. The van der Waals surface area contributed by atoms with Crippen molar-refractivity contribution >= 4 is 5.69 Å². The third-order valence-corrected chi connectivity index (χ3v) is 4.71. The number of nitrogens with one attached hydrogen (secondary N) is 1. The van der Waals surface area contributed by atoms with Gasteiger partial charge in [-0.1, -0.05) is 17.7 Å². The van der Waals surface area contributed by atoms with E-state index in [9.17, 15) is 0 Å². The van der Waals surface area contributed by atoms with Crippen LogP contribution in [0.2, 0.25) is 0 Å². The Bertz CT molecular complexity index is 417. The number of rotatable bonds is 4. The molecule has 4 nitrogen and oxygen atoms in total. The molecule has 1 aromatic carbocycles. The average molecular weight is 288 g/mol. The number of anilines is 1. The molecule has 0 spiro atoms. The van der Waals surface area contributed by atoms with Crippen LogP contribution in [0, 0.1) is 6.92 Å². The van der Waals surface area contributed by atoms with Crippen molar-refractivity contribution in [3.63, 3.8) is 0 Å². The molecule has 0 atom stereocenters. The Labute approximate surface area is 128 Å². The molecule has 1 N–H and O–H groups in total. The highest BCUT2D eigenvalue weighted by atomic mass is 15.3. The first-order valence-corrected chi connectivity index (χ1v) is 8.28. The van der Waals surface area contributed by atoms with E-state index in [1.807, 2.05) is 0 Å². The Balaban J connectivity index is 1.41. The monoisotopic (exact) mass is 288 g/mol. The molecule has 0 aromatic heterocycles. The molecule has 4 heteroatoms. The van der Waals surface area contributed by atoms with Crippen LogP contribution in [0.1, 0.15) is 5.56 Å². The van der Waals surface area contributed by atoms with E-state index in [2.05, 4.69) is 51.2 Å². The van der Waals surface area contributed by atoms with Crippen molar-refractivity contribution in [2.75, 3.05) is 70.3 Å². The number of hydrogen-bond donors (Lipinski definition) is 1. The fourth-order valence-electron chi connectivity index (χ4n) is 3.20. The number of benzene rings is 1.